The van der Waals surface area contributed by atoms with Gasteiger partial charge in [-0.3, -0.25) is 9.59 Å². The summed E-state index contributed by atoms with van der Waals surface area (Å²) in [6, 6.07) is 0. The van der Waals surface area contributed by atoms with E-state index in [1.54, 1.807) is 13.8 Å². The predicted molar refractivity (Wildman–Crippen MR) is 108 cm³/mol. The Morgan fingerprint density at radius 3 is 2.00 bits per heavy atom. The van der Waals surface area contributed by atoms with Crippen molar-refractivity contribution in [1.82, 2.24) is 25.2 Å². The highest BCUT2D eigenvalue weighted by molar-refractivity contribution is 6.00. The highest BCUT2D eigenvalue weighted by atomic mass is 16.5. The lowest BCUT2D eigenvalue weighted by molar-refractivity contribution is -0.122. The molecule has 2 atom stereocenters. The van der Waals surface area contributed by atoms with E-state index in [9.17, 15) is 9.59 Å². The third kappa shape index (κ3) is 5.40. The molecule has 0 radical (unpaired) electrons. The van der Waals surface area contributed by atoms with Crippen molar-refractivity contribution in [2.45, 2.75) is 70.6 Å². The molecule has 0 aromatic carbocycles. The number of hydrogen-bond acceptors (Lipinski definition) is 9. The summed E-state index contributed by atoms with van der Waals surface area (Å²) < 4.78 is 10.1. The zero-order chi connectivity index (χ0) is 21.7. The Bertz CT molecular complexity index is 914. The van der Waals surface area contributed by atoms with Crippen molar-refractivity contribution in [3.8, 4) is 0 Å². The Hall–Kier alpha value is -2.84. The lowest BCUT2D eigenvalue weighted by atomic mass is 9.84. The number of nitrogens with zero attached hydrogens (tertiary/aromatic N) is 5. The van der Waals surface area contributed by atoms with Crippen molar-refractivity contribution in [2.75, 3.05) is 14.1 Å². The minimum atomic E-state index is -0.254. The molecule has 4 rings (SSSR count). The fraction of sp³-hybridized carbons (Fsp3) is 0.619. The molecule has 0 bridgehead atoms. The van der Waals surface area contributed by atoms with Crippen LogP contribution >= 0.6 is 0 Å². The molecule has 2 aromatic heterocycles. The predicted octanol–water partition coefficient (Wildman–Crippen LogP) is 3.26. The van der Waals surface area contributed by atoms with Crippen LogP contribution in [0, 0.1) is 13.8 Å². The Balaban J connectivity index is 0.000000177. The van der Waals surface area contributed by atoms with Gasteiger partial charge in [0.25, 0.3) is 0 Å². The molecular weight excluding hydrogens is 386 g/mol. The number of Topliss-reactive ketones (excluding diaryl/α,β-unsaturated/α-hetero) is 2. The topological polar surface area (TPSA) is 115 Å². The van der Waals surface area contributed by atoms with Crippen molar-refractivity contribution in [3.05, 3.63) is 35.2 Å². The molecule has 0 N–H and O–H groups in total. The third-order valence-corrected chi connectivity index (χ3v) is 5.22. The normalized spacial score (nSPS) is 23.3. The highest BCUT2D eigenvalue weighted by Crippen LogP contribution is 2.32. The summed E-state index contributed by atoms with van der Waals surface area (Å²) in [5.41, 5.74) is 0.849. The van der Waals surface area contributed by atoms with E-state index in [1.165, 1.54) is 0 Å². The van der Waals surface area contributed by atoms with Crippen molar-refractivity contribution in [3.63, 3.8) is 0 Å². The van der Waals surface area contributed by atoms with E-state index in [0.29, 0.717) is 29.9 Å². The molecule has 2 heterocycles. The van der Waals surface area contributed by atoms with Crippen LogP contribution in [0.3, 0.4) is 0 Å². The van der Waals surface area contributed by atoms with Gasteiger partial charge >= 0.3 is 0 Å². The van der Waals surface area contributed by atoms with Gasteiger partial charge in [-0.15, -0.1) is 0 Å². The van der Waals surface area contributed by atoms with Gasteiger partial charge in [-0.05, 0) is 46.0 Å². The Morgan fingerprint density at radius 2 is 1.47 bits per heavy atom. The molecule has 2 aliphatic rings. The van der Waals surface area contributed by atoms with Crippen molar-refractivity contribution < 1.29 is 18.6 Å². The van der Waals surface area contributed by atoms with Gasteiger partial charge in [-0.2, -0.15) is 9.97 Å². The summed E-state index contributed by atoms with van der Waals surface area (Å²) in [6.45, 7) is 3.52. The summed E-state index contributed by atoms with van der Waals surface area (Å²) in [4.78, 5) is 33.9. The largest absolute Gasteiger partial charge is 0.383 e. The molecule has 30 heavy (non-hydrogen) atoms. The van der Waals surface area contributed by atoms with E-state index in [0.717, 1.165) is 44.1 Å². The minimum Gasteiger partial charge on any atom is -0.383 e. The molecule has 0 aliphatic heterocycles. The number of aromatic nitrogens is 4. The van der Waals surface area contributed by atoms with Crippen molar-refractivity contribution >= 4 is 11.6 Å². The van der Waals surface area contributed by atoms with Gasteiger partial charge in [0.1, 0.15) is 11.7 Å². The van der Waals surface area contributed by atoms with E-state index >= 15 is 0 Å². The van der Waals surface area contributed by atoms with E-state index in [-0.39, 0.29) is 23.4 Å². The number of ketones is 2. The summed E-state index contributed by atoms with van der Waals surface area (Å²) in [5, 5.41) is 7.43. The lowest BCUT2D eigenvalue weighted by Gasteiger charge is -2.21. The average molecular weight is 415 g/mol. The molecule has 9 nitrogen and oxygen atoms in total. The monoisotopic (exact) mass is 415 g/mol. The molecular formula is C21H29N5O4. The van der Waals surface area contributed by atoms with Gasteiger partial charge in [0.05, 0.1) is 5.92 Å². The van der Waals surface area contributed by atoms with Crippen LogP contribution in [0.4, 0.5) is 0 Å². The zero-order valence-electron chi connectivity index (χ0n) is 18.1. The van der Waals surface area contributed by atoms with Gasteiger partial charge in [-0.25, -0.2) is 0 Å². The Morgan fingerprint density at radius 1 is 0.867 bits per heavy atom. The number of allylic oxidation sites excluding steroid dienone is 1. The van der Waals surface area contributed by atoms with Gasteiger partial charge in [0.15, 0.2) is 17.4 Å². The Kier molecular flexibility index (Phi) is 7.12. The molecule has 2 unspecified atom stereocenters. The quantitative estimate of drug-likeness (QED) is 0.696. The third-order valence-electron chi connectivity index (χ3n) is 5.22. The van der Waals surface area contributed by atoms with Crippen LogP contribution in [0.2, 0.25) is 0 Å². The number of hydrogen-bond donors (Lipinski definition) is 0. The molecule has 2 saturated carbocycles. The van der Waals surface area contributed by atoms with Crippen LogP contribution in [-0.2, 0) is 9.59 Å². The molecule has 9 heteroatoms. The summed E-state index contributed by atoms with van der Waals surface area (Å²) in [7, 11) is 3.83. The summed E-state index contributed by atoms with van der Waals surface area (Å²) in [6.07, 6.45) is 8.11. The molecule has 0 amide bonds. The smallest absolute Gasteiger partial charge is 0.237 e. The van der Waals surface area contributed by atoms with Gasteiger partial charge in [-0.1, -0.05) is 16.7 Å². The number of carbonyl (C=O) groups is 2. The summed E-state index contributed by atoms with van der Waals surface area (Å²) in [5.74, 6) is 2.12. The fourth-order valence-electron chi connectivity index (χ4n) is 3.80. The second-order valence-electron chi connectivity index (χ2n) is 8.05. The number of rotatable bonds is 3. The first-order chi connectivity index (χ1) is 14.3. The van der Waals surface area contributed by atoms with E-state index in [1.807, 2.05) is 25.2 Å². The van der Waals surface area contributed by atoms with Gasteiger partial charge in [0, 0.05) is 32.3 Å². The number of aryl methyl sites for hydroxylation is 2. The van der Waals surface area contributed by atoms with Gasteiger partial charge in [0.2, 0.25) is 11.8 Å². The second kappa shape index (κ2) is 9.77. The first kappa shape index (κ1) is 21.9. The van der Waals surface area contributed by atoms with E-state index < -0.39 is 0 Å². The molecule has 2 fully saturated rings. The van der Waals surface area contributed by atoms with Crippen LogP contribution in [-0.4, -0.2) is 50.8 Å². The molecule has 2 aromatic rings. The molecule has 2 aliphatic carbocycles. The Labute approximate surface area is 175 Å². The standard InChI is InChI=1S/C12H17N3O2.C9H12N2O2/c1-8-13-12(17-14-8)10-6-4-5-9(11(10)16)7-15(2)3;1-6-10-9(13-11-6)7-4-2-3-5-8(7)12/h7,10H,4-6H2,1-3H3;7H,2-5H2,1H3. The maximum atomic E-state index is 12.2. The average Bonchev–Trinajstić information content (AvgIpc) is 3.32. The maximum Gasteiger partial charge on any atom is 0.237 e. The lowest BCUT2D eigenvalue weighted by Crippen LogP contribution is -2.22. The van der Waals surface area contributed by atoms with Crippen molar-refractivity contribution in [2.24, 2.45) is 0 Å². The first-order valence-corrected chi connectivity index (χ1v) is 10.4. The molecule has 162 valence electrons. The van der Waals surface area contributed by atoms with Crippen LogP contribution < -0.4 is 0 Å². The molecule has 0 spiro atoms. The van der Waals surface area contributed by atoms with Crippen LogP contribution in [0.15, 0.2) is 20.8 Å². The van der Waals surface area contributed by atoms with E-state index in [2.05, 4.69) is 20.3 Å². The first-order valence-electron chi connectivity index (χ1n) is 10.4. The van der Waals surface area contributed by atoms with Crippen molar-refractivity contribution in [1.29, 1.82) is 0 Å². The fourth-order valence-corrected chi connectivity index (χ4v) is 3.80. The molecule has 0 saturated heterocycles. The maximum absolute atomic E-state index is 12.2. The minimum absolute atomic E-state index is 0.119. The van der Waals surface area contributed by atoms with Crippen LogP contribution in [0.25, 0.3) is 0 Å². The van der Waals surface area contributed by atoms with E-state index in [4.69, 9.17) is 9.05 Å². The highest BCUT2D eigenvalue weighted by Gasteiger charge is 2.32. The SMILES string of the molecule is Cc1noc(C2CCCC(=CN(C)C)C2=O)n1.Cc1noc(C2CCCCC2=O)n1. The van der Waals surface area contributed by atoms with Crippen LogP contribution in [0.1, 0.15) is 80.2 Å². The van der Waals surface area contributed by atoms with Crippen LogP contribution in [0.5, 0.6) is 0 Å². The number of carbonyl (C=O) groups excluding carboxylic acids is 2. The second-order valence-corrected chi connectivity index (χ2v) is 8.05. The summed E-state index contributed by atoms with van der Waals surface area (Å²) >= 11 is 0. The zero-order valence-corrected chi connectivity index (χ0v) is 18.1. The van der Waals surface area contributed by atoms with Gasteiger partial charge < -0.3 is 13.9 Å².